The van der Waals surface area contributed by atoms with Gasteiger partial charge in [0.15, 0.2) is 11.5 Å². The van der Waals surface area contributed by atoms with Crippen molar-refractivity contribution in [3.63, 3.8) is 0 Å². The summed E-state index contributed by atoms with van der Waals surface area (Å²) in [6, 6.07) is 1.96. The summed E-state index contributed by atoms with van der Waals surface area (Å²) in [5, 5.41) is 10.1. The molecule has 4 heterocycles. The number of fused-ring (bicyclic) bond motifs is 1. The molecule has 0 amide bonds. The van der Waals surface area contributed by atoms with E-state index in [1.54, 1.807) is 0 Å². The van der Waals surface area contributed by atoms with Gasteiger partial charge in [-0.1, -0.05) is 11.6 Å². The predicted molar refractivity (Wildman–Crippen MR) is 100 cm³/mol. The highest BCUT2D eigenvalue weighted by atomic mass is 35.5. The van der Waals surface area contributed by atoms with Gasteiger partial charge in [0, 0.05) is 32.0 Å². The van der Waals surface area contributed by atoms with Gasteiger partial charge >= 0.3 is 0 Å². The molecule has 2 atom stereocenters. The lowest BCUT2D eigenvalue weighted by atomic mass is 10.2. The van der Waals surface area contributed by atoms with Crippen molar-refractivity contribution in [2.45, 2.75) is 44.9 Å². The average molecular weight is 372 g/mol. The number of aromatic nitrogens is 6. The molecule has 2 fully saturated rings. The van der Waals surface area contributed by atoms with Crippen molar-refractivity contribution in [2.24, 2.45) is 7.05 Å². The van der Waals surface area contributed by atoms with Crippen molar-refractivity contribution in [3.8, 4) is 0 Å². The van der Waals surface area contributed by atoms with Gasteiger partial charge < -0.3 is 4.90 Å². The largest absolute Gasteiger partial charge is 0.340 e. The summed E-state index contributed by atoms with van der Waals surface area (Å²) in [4.78, 5) is 11.9. The van der Waals surface area contributed by atoms with Crippen LogP contribution in [0.4, 0.5) is 5.95 Å². The minimum absolute atomic E-state index is 0.307. The van der Waals surface area contributed by atoms with E-state index in [0.29, 0.717) is 11.8 Å². The highest BCUT2D eigenvalue weighted by molar-refractivity contribution is 6.31. The van der Waals surface area contributed by atoms with Crippen LogP contribution in [-0.2, 0) is 7.05 Å². The molecule has 2 aliphatic rings. The van der Waals surface area contributed by atoms with E-state index < -0.39 is 0 Å². The first-order valence-electron chi connectivity index (χ1n) is 9.21. The number of hydrogen-bond acceptors (Lipinski definition) is 5. The molecule has 1 saturated carbocycles. The Morgan fingerprint density at radius 3 is 2.62 bits per heavy atom. The Morgan fingerprint density at radius 2 is 1.85 bits per heavy atom. The summed E-state index contributed by atoms with van der Waals surface area (Å²) >= 11 is 6.29. The van der Waals surface area contributed by atoms with Crippen LogP contribution in [0.15, 0.2) is 6.07 Å². The molecule has 0 unspecified atom stereocenters. The third-order valence-electron chi connectivity index (χ3n) is 5.61. The quantitative estimate of drug-likeness (QED) is 0.708. The maximum absolute atomic E-state index is 6.29. The number of pyridine rings is 1. The number of hydrogen-bond donors (Lipinski definition) is 0. The van der Waals surface area contributed by atoms with E-state index >= 15 is 0 Å². The summed E-state index contributed by atoms with van der Waals surface area (Å²) in [5.41, 5.74) is 2.87. The lowest BCUT2D eigenvalue weighted by Gasteiger charge is -2.10. The Bertz CT molecular complexity index is 999. The number of anilines is 1. The zero-order chi connectivity index (χ0) is 18.0. The molecule has 1 aliphatic heterocycles. The van der Waals surface area contributed by atoms with Gasteiger partial charge in [-0.2, -0.15) is 10.1 Å². The molecule has 0 bridgehead atoms. The van der Waals surface area contributed by atoms with Crippen LogP contribution >= 0.6 is 11.6 Å². The summed E-state index contributed by atoms with van der Waals surface area (Å²) in [6.45, 7) is 6.12. The number of rotatable bonds is 3. The number of nitrogens with zero attached hydrogens (tertiary/aromatic N) is 7. The molecule has 136 valence electrons. The van der Waals surface area contributed by atoms with Gasteiger partial charge in [-0.3, -0.25) is 4.68 Å². The van der Waals surface area contributed by atoms with E-state index in [1.807, 2.05) is 36.2 Å². The molecule has 0 spiro atoms. The zero-order valence-corrected chi connectivity index (χ0v) is 16.0. The highest BCUT2D eigenvalue weighted by Crippen LogP contribution is 2.53. The fourth-order valence-corrected chi connectivity index (χ4v) is 4.20. The fourth-order valence-electron chi connectivity index (χ4n) is 3.96. The van der Waals surface area contributed by atoms with E-state index in [1.165, 1.54) is 12.8 Å². The molecule has 1 saturated heterocycles. The minimum Gasteiger partial charge on any atom is -0.340 e. The molecular weight excluding hydrogens is 350 g/mol. The second kappa shape index (κ2) is 5.67. The Hall–Kier alpha value is -2.15. The monoisotopic (exact) mass is 371 g/mol. The number of aryl methyl sites for hydroxylation is 3. The molecule has 3 aromatic rings. The summed E-state index contributed by atoms with van der Waals surface area (Å²) in [7, 11) is 1.99. The van der Waals surface area contributed by atoms with Crippen molar-refractivity contribution in [2.75, 3.05) is 18.0 Å². The smallest absolute Gasteiger partial charge is 0.244 e. The first kappa shape index (κ1) is 16.1. The van der Waals surface area contributed by atoms with Gasteiger partial charge in [-0.25, -0.2) is 9.50 Å². The lowest BCUT2D eigenvalue weighted by Crippen LogP contribution is -2.19. The second-order valence-corrected chi connectivity index (χ2v) is 7.91. The summed E-state index contributed by atoms with van der Waals surface area (Å²) < 4.78 is 3.80. The Balaban J connectivity index is 1.45. The zero-order valence-electron chi connectivity index (χ0n) is 15.3. The molecule has 26 heavy (non-hydrogen) atoms. The average Bonchev–Trinajstić information content (AvgIpc) is 3.01. The molecule has 0 aromatic carbocycles. The Kier molecular flexibility index (Phi) is 3.50. The normalized spacial score (nSPS) is 22.5. The molecular formula is C18H22ClN7. The van der Waals surface area contributed by atoms with Crippen molar-refractivity contribution < 1.29 is 0 Å². The van der Waals surface area contributed by atoms with Gasteiger partial charge in [0.05, 0.1) is 10.7 Å². The van der Waals surface area contributed by atoms with Crippen LogP contribution in [0.1, 0.15) is 54.0 Å². The summed E-state index contributed by atoms with van der Waals surface area (Å²) in [5.74, 6) is 3.45. The van der Waals surface area contributed by atoms with Crippen molar-refractivity contribution in [3.05, 3.63) is 34.0 Å². The first-order chi connectivity index (χ1) is 12.5. The van der Waals surface area contributed by atoms with Gasteiger partial charge in [-0.05, 0) is 44.7 Å². The van der Waals surface area contributed by atoms with E-state index in [9.17, 15) is 0 Å². The molecule has 0 radical (unpaired) electrons. The maximum atomic E-state index is 6.29. The third kappa shape index (κ3) is 2.40. The van der Waals surface area contributed by atoms with Crippen molar-refractivity contribution in [1.82, 2.24) is 29.4 Å². The van der Waals surface area contributed by atoms with Crippen molar-refractivity contribution in [1.29, 1.82) is 0 Å². The first-order valence-corrected chi connectivity index (χ1v) is 9.59. The molecule has 3 aromatic heterocycles. The lowest BCUT2D eigenvalue weighted by molar-refractivity contribution is 0.691. The van der Waals surface area contributed by atoms with Crippen LogP contribution in [0.25, 0.3) is 5.65 Å². The topological polar surface area (TPSA) is 64.1 Å². The van der Waals surface area contributed by atoms with E-state index in [0.717, 1.165) is 59.0 Å². The van der Waals surface area contributed by atoms with E-state index in [-0.39, 0.29) is 0 Å². The second-order valence-electron chi connectivity index (χ2n) is 7.50. The van der Waals surface area contributed by atoms with E-state index in [4.69, 9.17) is 26.7 Å². The Labute approximate surface area is 157 Å². The standard InChI is InChI=1S/C18H22ClN7/c1-10-8-14(19)11(2)26-16(10)20-15(22-26)12-9-13(12)17-21-18(23-24(17)3)25-6-4-5-7-25/h8,12-13H,4-7,9H2,1-3H3/t12-,13-/m0/s1. The fraction of sp³-hybridized carbons (Fsp3) is 0.556. The van der Waals surface area contributed by atoms with Crippen LogP contribution in [0.3, 0.4) is 0 Å². The third-order valence-corrected chi connectivity index (χ3v) is 5.99. The predicted octanol–water partition coefficient (Wildman–Crippen LogP) is 3.00. The van der Waals surface area contributed by atoms with Crippen LogP contribution in [0, 0.1) is 13.8 Å². The minimum atomic E-state index is 0.307. The van der Waals surface area contributed by atoms with Gasteiger partial charge in [0.1, 0.15) is 5.82 Å². The van der Waals surface area contributed by atoms with Gasteiger partial charge in [0.25, 0.3) is 0 Å². The van der Waals surface area contributed by atoms with Crippen LogP contribution in [0.2, 0.25) is 5.02 Å². The maximum Gasteiger partial charge on any atom is 0.244 e. The van der Waals surface area contributed by atoms with Gasteiger partial charge in [-0.15, -0.1) is 5.10 Å². The van der Waals surface area contributed by atoms with Crippen molar-refractivity contribution >= 4 is 23.2 Å². The molecule has 1 aliphatic carbocycles. The van der Waals surface area contributed by atoms with E-state index in [2.05, 4.69) is 10.00 Å². The number of halogens is 1. The molecule has 0 N–H and O–H groups in total. The van der Waals surface area contributed by atoms with Gasteiger partial charge in [0.2, 0.25) is 5.95 Å². The van der Waals surface area contributed by atoms with Crippen LogP contribution in [-0.4, -0.2) is 42.5 Å². The van der Waals surface area contributed by atoms with Crippen LogP contribution < -0.4 is 4.90 Å². The molecule has 7 nitrogen and oxygen atoms in total. The Morgan fingerprint density at radius 1 is 1.08 bits per heavy atom. The van der Waals surface area contributed by atoms with Crippen LogP contribution in [0.5, 0.6) is 0 Å². The SMILES string of the molecule is Cc1cc(Cl)c(C)n2nc([C@H]3C[C@@H]3c3nc(N4CCCC4)nn3C)nc12. The molecule has 5 rings (SSSR count). The molecule has 8 heteroatoms. The summed E-state index contributed by atoms with van der Waals surface area (Å²) in [6.07, 6.45) is 3.48. The highest BCUT2D eigenvalue weighted by Gasteiger charge is 2.46.